The Kier molecular flexibility index (Phi) is 5.93. The summed E-state index contributed by atoms with van der Waals surface area (Å²) >= 11 is 0. The lowest BCUT2D eigenvalue weighted by Crippen LogP contribution is -2.44. The van der Waals surface area contributed by atoms with Crippen LogP contribution in [0.1, 0.15) is 18.4 Å². The molecule has 0 atom stereocenters. The Morgan fingerprint density at radius 1 is 0.962 bits per heavy atom. The molecule has 2 aromatic carbocycles. The SMILES string of the molecule is O=C(COc1ccccc1)N1CCC(S(=O)(=O)Cc2ccccc2)CC1. The van der Waals surface area contributed by atoms with Gasteiger partial charge >= 0.3 is 0 Å². The third-order valence-corrected chi connectivity index (χ3v) is 6.84. The molecule has 6 heteroatoms. The van der Waals surface area contributed by atoms with E-state index in [0.29, 0.717) is 31.7 Å². The van der Waals surface area contributed by atoms with Gasteiger partial charge in [0.05, 0.1) is 11.0 Å². The van der Waals surface area contributed by atoms with Crippen LogP contribution in [0.5, 0.6) is 5.75 Å². The van der Waals surface area contributed by atoms with Gasteiger partial charge in [-0.05, 0) is 30.5 Å². The fourth-order valence-electron chi connectivity index (χ4n) is 3.14. The van der Waals surface area contributed by atoms with E-state index in [2.05, 4.69) is 0 Å². The maximum atomic E-state index is 12.6. The van der Waals surface area contributed by atoms with Gasteiger partial charge in [-0.1, -0.05) is 48.5 Å². The maximum Gasteiger partial charge on any atom is 0.260 e. The standard InChI is InChI=1S/C20H23NO4S/c22-20(15-25-18-9-5-2-6-10-18)21-13-11-19(12-14-21)26(23,24)16-17-7-3-1-4-8-17/h1-10,19H,11-16H2. The van der Waals surface area contributed by atoms with Crippen molar-refractivity contribution in [3.63, 3.8) is 0 Å². The Bertz CT molecular complexity index is 813. The first-order chi connectivity index (χ1) is 12.5. The number of nitrogens with zero attached hydrogens (tertiary/aromatic N) is 1. The number of carbonyl (C=O) groups is 1. The van der Waals surface area contributed by atoms with Crippen LogP contribution in [0.25, 0.3) is 0 Å². The Balaban J connectivity index is 1.49. The molecule has 0 spiro atoms. The monoisotopic (exact) mass is 373 g/mol. The molecular weight excluding hydrogens is 350 g/mol. The Morgan fingerprint density at radius 3 is 2.15 bits per heavy atom. The molecule has 1 aliphatic heterocycles. The fourth-order valence-corrected chi connectivity index (χ4v) is 4.96. The number of benzene rings is 2. The molecule has 2 aromatic rings. The number of rotatable bonds is 6. The molecule has 0 saturated carbocycles. The van der Waals surface area contributed by atoms with Gasteiger partial charge in [-0.3, -0.25) is 4.79 Å². The minimum Gasteiger partial charge on any atom is -0.484 e. The van der Waals surface area contributed by atoms with E-state index in [1.165, 1.54) is 0 Å². The second kappa shape index (κ2) is 8.36. The van der Waals surface area contributed by atoms with E-state index < -0.39 is 9.84 Å². The summed E-state index contributed by atoms with van der Waals surface area (Å²) in [5.41, 5.74) is 0.808. The molecular formula is C20H23NO4S. The number of hydrogen-bond donors (Lipinski definition) is 0. The molecule has 1 heterocycles. The highest BCUT2D eigenvalue weighted by Gasteiger charge is 2.31. The zero-order chi connectivity index (χ0) is 18.4. The molecule has 0 bridgehead atoms. The van der Waals surface area contributed by atoms with Crippen LogP contribution in [-0.2, 0) is 20.4 Å². The summed E-state index contributed by atoms with van der Waals surface area (Å²) in [6.07, 6.45) is 0.957. The van der Waals surface area contributed by atoms with Crippen molar-refractivity contribution in [3.8, 4) is 5.75 Å². The second-order valence-electron chi connectivity index (χ2n) is 6.47. The maximum absolute atomic E-state index is 12.6. The summed E-state index contributed by atoms with van der Waals surface area (Å²) in [5, 5.41) is -0.387. The Morgan fingerprint density at radius 2 is 1.54 bits per heavy atom. The molecule has 138 valence electrons. The highest BCUT2D eigenvalue weighted by Crippen LogP contribution is 2.22. The summed E-state index contributed by atoms with van der Waals surface area (Å²) < 4.78 is 30.7. The number of amides is 1. The van der Waals surface area contributed by atoms with Crippen LogP contribution in [0.2, 0.25) is 0 Å². The second-order valence-corrected chi connectivity index (χ2v) is 8.76. The summed E-state index contributed by atoms with van der Waals surface area (Å²) in [4.78, 5) is 14.0. The summed E-state index contributed by atoms with van der Waals surface area (Å²) in [5.74, 6) is 0.609. The van der Waals surface area contributed by atoms with E-state index in [4.69, 9.17) is 4.74 Å². The van der Waals surface area contributed by atoms with Gasteiger partial charge in [-0.25, -0.2) is 8.42 Å². The molecule has 1 fully saturated rings. The number of piperidine rings is 1. The molecule has 26 heavy (non-hydrogen) atoms. The molecule has 1 amide bonds. The average molecular weight is 373 g/mol. The lowest BCUT2D eigenvalue weighted by Gasteiger charge is -2.31. The number of sulfone groups is 1. The van der Waals surface area contributed by atoms with Crippen LogP contribution in [0.3, 0.4) is 0 Å². The zero-order valence-corrected chi connectivity index (χ0v) is 15.4. The van der Waals surface area contributed by atoms with Gasteiger partial charge in [0.25, 0.3) is 5.91 Å². The van der Waals surface area contributed by atoms with Crippen molar-refractivity contribution in [1.29, 1.82) is 0 Å². The third-order valence-electron chi connectivity index (χ3n) is 4.62. The minimum atomic E-state index is -3.21. The highest BCUT2D eigenvalue weighted by atomic mass is 32.2. The van der Waals surface area contributed by atoms with E-state index in [9.17, 15) is 13.2 Å². The largest absolute Gasteiger partial charge is 0.484 e. The smallest absolute Gasteiger partial charge is 0.260 e. The van der Waals surface area contributed by atoms with Crippen molar-refractivity contribution in [3.05, 3.63) is 66.2 Å². The van der Waals surface area contributed by atoms with Crippen LogP contribution in [0.4, 0.5) is 0 Å². The first-order valence-corrected chi connectivity index (χ1v) is 10.5. The van der Waals surface area contributed by atoms with Crippen LogP contribution in [0, 0.1) is 0 Å². The van der Waals surface area contributed by atoms with Gasteiger partial charge in [-0.2, -0.15) is 0 Å². The first-order valence-electron chi connectivity index (χ1n) is 8.76. The number of likely N-dealkylation sites (tertiary alicyclic amines) is 1. The third kappa shape index (κ3) is 4.85. The van der Waals surface area contributed by atoms with Gasteiger partial charge in [0.2, 0.25) is 0 Å². The highest BCUT2D eigenvalue weighted by molar-refractivity contribution is 7.91. The van der Waals surface area contributed by atoms with Gasteiger partial charge in [0, 0.05) is 13.1 Å². The molecule has 0 aromatic heterocycles. The van der Waals surface area contributed by atoms with Crippen LogP contribution in [-0.4, -0.2) is 44.2 Å². The van der Waals surface area contributed by atoms with Crippen LogP contribution < -0.4 is 4.74 Å². The predicted molar refractivity (Wildman–Crippen MR) is 101 cm³/mol. The number of ether oxygens (including phenoxy) is 1. The predicted octanol–water partition coefficient (Wildman–Crippen LogP) is 2.67. The molecule has 3 rings (SSSR count). The van der Waals surface area contributed by atoms with E-state index in [1.807, 2.05) is 48.5 Å². The Hall–Kier alpha value is -2.34. The van der Waals surface area contributed by atoms with Gasteiger partial charge in [0.15, 0.2) is 16.4 Å². The lowest BCUT2D eigenvalue weighted by molar-refractivity contribution is -0.134. The van der Waals surface area contributed by atoms with E-state index in [1.54, 1.807) is 17.0 Å². The van der Waals surface area contributed by atoms with Gasteiger partial charge in [0.1, 0.15) is 5.75 Å². The number of para-hydroxylation sites is 1. The van der Waals surface area contributed by atoms with Crippen LogP contribution in [0.15, 0.2) is 60.7 Å². The topological polar surface area (TPSA) is 63.7 Å². The molecule has 0 aliphatic carbocycles. The summed E-state index contributed by atoms with van der Waals surface area (Å²) in [6.45, 7) is 0.886. The first kappa shape index (κ1) is 18.5. The molecule has 0 N–H and O–H groups in total. The number of carbonyl (C=O) groups excluding carboxylic acids is 1. The quantitative estimate of drug-likeness (QED) is 0.781. The van der Waals surface area contributed by atoms with Crippen molar-refractivity contribution in [2.45, 2.75) is 23.8 Å². The molecule has 0 radical (unpaired) electrons. The number of hydrogen-bond acceptors (Lipinski definition) is 4. The average Bonchev–Trinajstić information content (AvgIpc) is 2.67. The summed E-state index contributed by atoms with van der Waals surface area (Å²) in [6, 6.07) is 18.4. The van der Waals surface area contributed by atoms with E-state index >= 15 is 0 Å². The zero-order valence-electron chi connectivity index (χ0n) is 14.6. The van der Waals surface area contributed by atoms with Gasteiger partial charge in [-0.15, -0.1) is 0 Å². The molecule has 1 saturated heterocycles. The molecule has 5 nitrogen and oxygen atoms in total. The van der Waals surface area contributed by atoms with Crippen molar-refractivity contribution < 1.29 is 17.9 Å². The minimum absolute atomic E-state index is 0.0224. The van der Waals surface area contributed by atoms with Crippen LogP contribution >= 0.6 is 0 Å². The van der Waals surface area contributed by atoms with Gasteiger partial charge < -0.3 is 9.64 Å². The van der Waals surface area contributed by atoms with Crippen molar-refractivity contribution in [2.24, 2.45) is 0 Å². The molecule has 1 aliphatic rings. The summed E-state index contributed by atoms with van der Waals surface area (Å²) in [7, 11) is -3.21. The van der Waals surface area contributed by atoms with E-state index in [0.717, 1.165) is 5.56 Å². The van der Waals surface area contributed by atoms with Crippen molar-refractivity contribution in [2.75, 3.05) is 19.7 Å². The molecule has 0 unspecified atom stereocenters. The van der Waals surface area contributed by atoms with Crippen molar-refractivity contribution in [1.82, 2.24) is 4.90 Å². The normalized spacial score (nSPS) is 15.6. The lowest BCUT2D eigenvalue weighted by atomic mass is 10.1. The van der Waals surface area contributed by atoms with E-state index in [-0.39, 0.29) is 23.5 Å². The fraction of sp³-hybridized carbons (Fsp3) is 0.350. The Labute approximate surface area is 154 Å². The van der Waals surface area contributed by atoms with Crippen molar-refractivity contribution >= 4 is 15.7 Å².